The lowest BCUT2D eigenvalue weighted by Gasteiger charge is -2.31. The van der Waals surface area contributed by atoms with E-state index < -0.39 is 0 Å². The van der Waals surface area contributed by atoms with Gasteiger partial charge in [0.05, 0.1) is 17.2 Å². The summed E-state index contributed by atoms with van der Waals surface area (Å²) in [4.78, 5) is 8.25. The molecular weight excluding hydrogens is 260 g/mol. The Labute approximate surface area is 118 Å². The zero-order valence-electron chi connectivity index (χ0n) is 11.5. The number of nitrogens with zero attached hydrogens (tertiary/aromatic N) is 2. The Hall–Kier alpha value is -0.650. The van der Waals surface area contributed by atoms with Gasteiger partial charge < -0.3 is 14.7 Å². The predicted octanol–water partition coefficient (Wildman–Crippen LogP) is 2.38. The summed E-state index contributed by atoms with van der Waals surface area (Å²) in [5, 5.41) is 10.6. The van der Waals surface area contributed by atoms with Gasteiger partial charge in [0.1, 0.15) is 0 Å². The van der Waals surface area contributed by atoms with Crippen LogP contribution in [0.5, 0.6) is 0 Å². The Kier molecular flexibility index (Phi) is 4.05. The van der Waals surface area contributed by atoms with Crippen molar-refractivity contribution in [3.63, 3.8) is 0 Å². The standard InChI is InChI=1S/C14H22N2O2S/c1-18-9-10-4-6-16(7-5-10)14-15-13(11-2-3-11)12(8-17)19-14/h10-11,17H,2-9H2,1H3. The maximum Gasteiger partial charge on any atom is 0.185 e. The van der Waals surface area contributed by atoms with Gasteiger partial charge in [-0.2, -0.15) is 0 Å². The number of aromatic nitrogens is 1. The number of methoxy groups -OCH3 is 1. The minimum absolute atomic E-state index is 0.142. The fraction of sp³-hybridized carbons (Fsp3) is 0.786. The summed E-state index contributed by atoms with van der Waals surface area (Å²) in [5.74, 6) is 1.32. The van der Waals surface area contributed by atoms with E-state index in [4.69, 9.17) is 9.72 Å². The van der Waals surface area contributed by atoms with E-state index in [-0.39, 0.29) is 6.61 Å². The molecule has 1 aliphatic heterocycles. The van der Waals surface area contributed by atoms with Crippen molar-refractivity contribution in [2.75, 3.05) is 31.7 Å². The van der Waals surface area contributed by atoms with Crippen molar-refractivity contribution in [3.8, 4) is 0 Å². The summed E-state index contributed by atoms with van der Waals surface area (Å²) < 4.78 is 5.24. The second-order valence-corrected chi connectivity index (χ2v) is 6.69. The molecule has 0 spiro atoms. The monoisotopic (exact) mass is 282 g/mol. The molecule has 3 rings (SSSR count). The van der Waals surface area contributed by atoms with E-state index in [0.29, 0.717) is 11.8 Å². The molecule has 2 heterocycles. The summed E-state index contributed by atoms with van der Waals surface area (Å²) in [5.41, 5.74) is 1.17. The molecule has 1 aliphatic carbocycles. The fourth-order valence-electron chi connectivity index (χ4n) is 2.80. The van der Waals surface area contributed by atoms with Crippen molar-refractivity contribution >= 4 is 16.5 Å². The second-order valence-electron chi connectivity index (χ2n) is 5.62. The number of ether oxygens (including phenoxy) is 1. The molecule has 106 valence electrons. The Morgan fingerprint density at radius 3 is 2.63 bits per heavy atom. The first kappa shape index (κ1) is 13.3. The van der Waals surface area contributed by atoms with Crippen LogP contribution in [0.2, 0.25) is 0 Å². The SMILES string of the molecule is COCC1CCN(c2nc(C3CC3)c(CO)s2)CC1. The lowest BCUT2D eigenvalue weighted by molar-refractivity contribution is 0.139. The number of thiazole rings is 1. The predicted molar refractivity (Wildman–Crippen MR) is 76.8 cm³/mol. The highest BCUT2D eigenvalue weighted by molar-refractivity contribution is 7.15. The maximum absolute atomic E-state index is 9.45. The Morgan fingerprint density at radius 1 is 1.32 bits per heavy atom. The van der Waals surface area contributed by atoms with Gasteiger partial charge in [-0.1, -0.05) is 11.3 Å². The number of aliphatic hydroxyl groups is 1. The van der Waals surface area contributed by atoms with Crippen molar-refractivity contribution in [2.24, 2.45) is 5.92 Å². The molecule has 0 amide bonds. The van der Waals surface area contributed by atoms with E-state index >= 15 is 0 Å². The Bertz CT molecular complexity index is 423. The third-order valence-corrected chi connectivity index (χ3v) is 5.23. The minimum Gasteiger partial charge on any atom is -0.391 e. The van der Waals surface area contributed by atoms with Gasteiger partial charge in [0, 0.05) is 32.7 Å². The van der Waals surface area contributed by atoms with Gasteiger partial charge in [-0.05, 0) is 31.6 Å². The van der Waals surface area contributed by atoms with Crippen LogP contribution in [0.1, 0.15) is 42.2 Å². The highest BCUT2D eigenvalue weighted by atomic mass is 32.1. The average Bonchev–Trinajstić information content (AvgIpc) is 3.19. The number of hydrogen-bond donors (Lipinski definition) is 1. The van der Waals surface area contributed by atoms with Crippen molar-refractivity contribution in [3.05, 3.63) is 10.6 Å². The van der Waals surface area contributed by atoms with E-state index in [1.54, 1.807) is 18.4 Å². The molecule has 1 saturated carbocycles. The molecular formula is C14H22N2O2S. The van der Waals surface area contributed by atoms with E-state index in [0.717, 1.165) is 29.7 Å². The summed E-state index contributed by atoms with van der Waals surface area (Å²) in [6, 6.07) is 0. The number of hydrogen-bond acceptors (Lipinski definition) is 5. The Morgan fingerprint density at radius 2 is 2.05 bits per heavy atom. The third kappa shape index (κ3) is 2.93. The van der Waals surface area contributed by atoms with Crippen LogP contribution in [-0.2, 0) is 11.3 Å². The zero-order valence-corrected chi connectivity index (χ0v) is 12.3. The molecule has 2 fully saturated rings. The molecule has 1 N–H and O–H groups in total. The molecule has 1 aromatic heterocycles. The molecule has 19 heavy (non-hydrogen) atoms. The number of rotatable bonds is 5. The lowest BCUT2D eigenvalue weighted by Crippen LogP contribution is -2.34. The van der Waals surface area contributed by atoms with Crippen molar-refractivity contribution < 1.29 is 9.84 Å². The smallest absolute Gasteiger partial charge is 0.185 e. The van der Waals surface area contributed by atoms with Crippen molar-refractivity contribution in [1.29, 1.82) is 0 Å². The third-order valence-electron chi connectivity index (χ3n) is 4.11. The first-order valence-electron chi connectivity index (χ1n) is 7.16. The molecule has 1 aromatic rings. The van der Waals surface area contributed by atoms with Crippen molar-refractivity contribution in [1.82, 2.24) is 4.98 Å². The van der Waals surface area contributed by atoms with Gasteiger partial charge in [-0.3, -0.25) is 0 Å². The first-order chi connectivity index (χ1) is 9.31. The number of anilines is 1. The minimum atomic E-state index is 0.142. The quantitative estimate of drug-likeness (QED) is 0.900. The van der Waals surface area contributed by atoms with Gasteiger partial charge in [0.2, 0.25) is 0 Å². The molecule has 5 heteroatoms. The molecule has 0 bridgehead atoms. The van der Waals surface area contributed by atoms with Gasteiger partial charge in [0.15, 0.2) is 5.13 Å². The normalized spacial score (nSPS) is 21.1. The van der Waals surface area contributed by atoms with Crippen LogP contribution in [0.3, 0.4) is 0 Å². The van der Waals surface area contributed by atoms with Crippen LogP contribution in [0.15, 0.2) is 0 Å². The molecule has 2 aliphatic rings. The van der Waals surface area contributed by atoms with E-state index in [1.807, 2.05) is 0 Å². The number of aliphatic hydroxyl groups excluding tert-OH is 1. The molecule has 1 saturated heterocycles. The first-order valence-corrected chi connectivity index (χ1v) is 7.97. The van der Waals surface area contributed by atoms with Gasteiger partial charge in [0.25, 0.3) is 0 Å². The number of piperidine rings is 1. The largest absolute Gasteiger partial charge is 0.391 e. The highest BCUT2D eigenvalue weighted by Crippen LogP contribution is 2.44. The van der Waals surface area contributed by atoms with Gasteiger partial charge in [-0.25, -0.2) is 4.98 Å². The summed E-state index contributed by atoms with van der Waals surface area (Å²) >= 11 is 1.68. The summed E-state index contributed by atoms with van der Waals surface area (Å²) in [6.45, 7) is 3.15. The van der Waals surface area contributed by atoms with E-state index in [1.165, 1.54) is 31.4 Å². The van der Waals surface area contributed by atoms with Crippen molar-refractivity contribution in [2.45, 2.75) is 38.2 Å². The molecule has 0 radical (unpaired) electrons. The lowest BCUT2D eigenvalue weighted by atomic mass is 9.98. The van der Waals surface area contributed by atoms with Gasteiger partial charge in [-0.15, -0.1) is 0 Å². The molecule has 0 aromatic carbocycles. The average molecular weight is 282 g/mol. The zero-order chi connectivity index (χ0) is 13.2. The Balaban J connectivity index is 1.66. The van der Waals surface area contributed by atoms with Crippen LogP contribution in [0, 0.1) is 5.92 Å². The van der Waals surface area contributed by atoms with Crippen LogP contribution >= 0.6 is 11.3 Å². The fourth-order valence-corrected chi connectivity index (χ4v) is 3.86. The van der Waals surface area contributed by atoms with Crippen LogP contribution in [-0.4, -0.2) is 36.9 Å². The molecule has 0 atom stereocenters. The van der Waals surface area contributed by atoms with Gasteiger partial charge >= 0.3 is 0 Å². The molecule has 0 unspecified atom stereocenters. The van der Waals surface area contributed by atoms with E-state index in [9.17, 15) is 5.11 Å². The second kappa shape index (κ2) is 5.77. The highest BCUT2D eigenvalue weighted by Gasteiger charge is 2.31. The van der Waals surface area contributed by atoms with Crippen LogP contribution in [0.4, 0.5) is 5.13 Å². The molecule has 4 nitrogen and oxygen atoms in total. The van der Waals surface area contributed by atoms with E-state index in [2.05, 4.69) is 4.90 Å². The summed E-state index contributed by atoms with van der Waals surface area (Å²) in [7, 11) is 1.78. The summed E-state index contributed by atoms with van der Waals surface area (Å²) in [6.07, 6.45) is 4.85. The topological polar surface area (TPSA) is 45.6 Å². The van der Waals surface area contributed by atoms with Crippen LogP contribution < -0.4 is 4.90 Å². The van der Waals surface area contributed by atoms with Crippen LogP contribution in [0.25, 0.3) is 0 Å². The maximum atomic E-state index is 9.45.